The van der Waals surface area contributed by atoms with Gasteiger partial charge in [-0.05, 0) is 47.5 Å². The van der Waals surface area contributed by atoms with Gasteiger partial charge in [-0.2, -0.15) is 0 Å². The van der Waals surface area contributed by atoms with Crippen molar-refractivity contribution < 1.29 is 4.74 Å². The van der Waals surface area contributed by atoms with E-state index < -0.39 is 0 Å². The number of rotatable bonds is 7. The Bertz CT molecular complexity index is 1420. The van der Waals surface area contributed by atoms with Crippen LogP contribution in [0.25, 0.3) is 21.8 Å². The number of methoxy groups -OCH3 is 1. The summed E-state index contributed by atoms with van der Waals surface area (Å²) in [6.45, 7) is 1.42. The van der Waals surface area contributed by atoms with Crippen LogP contribution in [0.2, 0.25) is 5.02 Å². The van der Waals surface area contributed by atoms with E-state index in [-0.39, 0.29) is 0 Å². The van der Waals surface area contributed by atoms with Gasteiger partial charge in [-0.15, -0.1) is 0 Å². The maximum absolute atomic E-state index is 6.09. The van der Waals surface area contributed by atoms with Crippen LogP contribution in [0.3, 0.4) is 0 Å². The second-order valence-corrected chi connectivity index (χ2v) is 8.23. The quantitative estimate of drug-likeness (QED) is 0.287. The first kappa shape index (κ1) is 21.0. The van der Waals surface area contributed by atoms with Crippen LogP contribution in [-0.4, -0.2) is 17.1 Å². The minimum atomic E-state index is 0.689. The predicted octanol–water partition coefficient (Wildman–Crippen LogP) is 6.67. The van der Waals surface area contributed by atoms with E-state index in [0.29, 0.717) is 11.6 Å². The first-order valence-electron chi connectivity index (χ1n) is 10.7. The van der Waals surface area contributed by atoms with Crippen molar-refractivity contribution in [1.29, 1.82) is 0 Å². The first-order chi connectivity index (χ1) is 16.2. The number of fused-ring (bicyclic) bond motifs is 2. The van der Waals surface area contributed by atoms with E-state index in [1.165, 1.54) is 11.1 Å². The molecule has 0 bridgehead atoms. The van der Waals surface area contributed by atoms with Gasteiger partial charge in [-0.1, -0.05) is 41.9 Å². The molecule has 0 atom stereocenters. The summed E-state index contributed by atoms with van der Waals surface area (Å²) in [6, 6.07) is 24.3. The molecule has 0 unspecified atom stereocenters. The molecule has 0 saturated heterocycles. The molecule has 5 aromatic rings. The summed E-state index contributed by atoms with van der Waals surface area (Å²) < 4.78 is 5.44. The highest BCUT2D eigenvalue weighted by Crippen LogP contribution is 2.28. The van der Waals surface area contributed by atoms with E-state index in [4.69, 9.17) is 16.3 Å². The number of halogens is 1. The fourth-order valence-corrected chi connectivity index (χ4v) is 4.03. The molecule has 0 aliphatic heterocycles. The molecule has 0 amide bonds. The maximum atomic E-state index is 6.09. The molecule has 164 valence electrons. The molecule has 0 aliphatic rings. The van der Waals surface area contributed by atoms with Crippen molar-refractivity contribution in [2.24, 2.45) is 0 Å². The number of pyridine rings is 2. The summed E-state index contributed by atoms with van der Waals surface area (Å²) in [5.74, 6) is 0.810. The van der Waals surface area contributed by atoms with Crippen LogP contribution < -0.4 is 15.4 Å². The lowest BCUT2D eigenvalue weighted by Crippen LogP contribution is -2.03. The van der Waals surface area contributed by atoms with Crippen molar-refractivity contribution in [2.75, 3.05) is 17.7 Å². The Balaban J connectivity index is 1.26. The van der Waals surface area contributed by atoms with Crippen LogP contribution in [0.1, 0.15) is 11.1 Å². The van der Waals surface area contributed by atoms with Gasteiger partial charge in [-0.25, -0.2) is 0 Å². The van der Waals surface area contributed by atoms with Gasteiger partial charge in [0.2, 0.25) is 0 Å². The Morgan fingerprint density at radius 2 is 1.55 bits per heavy atom. The summed E-state index contributed by atoms with van der Waals surface area (Å²) >= 11 is 6.09. The first-order valence-corrected chi connectivity index (χ1v) is 11.1. The standard InChI is InChI=1S/C27H23ClN4O/c1-33-22-13-20-3-2-11-30-27(20)26(15-22)32-17-19-6-4-18(5-7-19)16-31-24-10-12-29-25-14-21(28)8-9-23(24)25/h2-15,32H,16-17H2,1H3,(H,29,31). The smallest absolute Gasteiger partial charge is 0.121 e. The molecule has 0 radical (unpaired) electrons. The molecule has 0 fully saturated rings. The average Bonchev–Trinajstić information content (AvgIpc) is 2.86. The largest absolute Gasteiger partial charge is 0.497 e. The van der Waals surface area contributed by atoms with Crippen molar-refractivity contribution in [3.8, 4) is 5.75 Å². The SMILES string of the molecule is COc1cc(NCc2ccc(CNc3ccnc4cc(Cl)ccc34)cc2)c2ncccc2c1. The van der Waals surface area contributed by atoms with Crippen molar-refractivity contribution >= 4 is 44.8 Å². The van der Waals surface area contributed by atoms with Crippen molar-refractivity contribution in [3.63, 3.8) is 0 Å². The van der Waals surface area contributed by atoms with Gasteiger partial charge >= 0.3 is 0 Å². The van der Waals surface area contributed by atoms with Crippen LogP contribution >= 0.6 is 11.6 Å². The highest BCUT2D eigenvalue weighted by molar-refractivity contribution is 6.31. The lowest BCUT2D eigenvalue weighted by molar-refractivity contribution is 0.415. The molecule has 0 saturated carbocycles. The van der Waals surface area contributed by atoms with Crippen LogP contribution in [-0.2, 0) is 13.1 Å². The van der Waals surface area contributed by atoms with E-state index in [9.17, 15) is 0 Å². The topological polar surface area (TPSA) is 59.1 Å². The molecule has 2 N–H and O–H groups in total. The Kier molecular flexibility index (Phi) is 5.96. The average molecular weight is 455 g/mol. The number of aromatic nitrogens is 2. The van der Waals surface area contributed by atoms with Crippen molar-refractivity contribution in [1.82, 2.24) is 9.97 Å². The minimum Gasteiger partial charge on any atom is -0.497 e. The van der Waals surface area contributed by atoms with Gasteiger partial charge in [0, 0.05) is 53.0 Å². The maximum Gasteiger partial charge on any atom is 0.121 e. The van der Waals surface area contributed by atoms with E-state index in [1.54, 1.807) is 13.3 Å². The summed E-state index contributed by atoms with van der Waals surface area (Å²) in [6.07, 6.45) is 3.61. The normalized spacial score (nSPS) is 11.0. The van der Waals surface area contributed by atoms with Gasteiger partial charge in [0.25, 0.3) is 0 Å². The van der Waals surface area contributed by atoms with Gasteiger partial charge in [-0.3, -0.25) is 9.97 Å². The molecule has 3 aromatic carbocycles. The number of nitrogens with one attached hydrogen (secondary N) is 2. The fraction of sp³-hybridized carbons (Fsp3) is 0.111. The molecule has 6 heteroatoms. The van der Waals surface area contributed by atoms with Gasteiger partial charge in [0.15, 0.2) is 0 Å². The highest BCUT2D eigenvalue weighted by Gasteiger charge is 2.06. The molecule has 5 rings (SSSR count). The highest BCUT2D eigenvalue weighted by atomic mass is 35.5. The Hall–Kier alpha value is -3.83. The molecule has 2 heterocycles. The number of hydrogen-bond acceptors (Lipinski definition) is 5. The number of nitrogens with zero attached hydrogens (tertiary/aromatic N) is 2. The zero-order chi connectivity index (χ0) is 22.6. The summed E-state index contributed by atoms with van der Waals surface area (Å²) in [5.41, 5.74) is 6.21. The Morgan fingerprint density at radius 3 is 2.30 bits per heavy atom. The molecular formula is C27H23ClN4O. The second kappa shape index (κ2) is 9.35. The lowest BCUT2D eigenvalue weighted by Gasteiger charge is -2.12. The number of ether oxygens (including phenoxy) is 1. The van der Waals surface area contributed by atoms with Crippen LogP contribution in [0.5, 0.6) is 5.75 Å². The van der Waals surface area contributed by atoms with E-state index >= 15 is 0 Å². The predicted molar refractivity (Wildman–Crippen MR) is 136 cm³/mol. The zero-order valence-corrected chi connectivity index (χ0v) is 18.9. The Morgan fingerprint density at radius 1 is 0.788 bits per heavy atom. The summed E-state index contributed by atoms with van der Waals surface area (Å²) in [5, 5.41) is 9.81. The molecule has 2 aromatic heterocycles. The number of benzene rings is 3. The third kappa shape index (κ3) is 4.69. The molecule has 0 aliphatic carbocycles. The van der Waals surface area contributed by atoms with Crippen molar-refractivity contribution in [2.45, 2.75) is 13.1 Å². The molecule has 5 nitrogen and oxygen atoms in total. The van der Waals surface area contributed by atoms with Crippen LogP contribution in [0, 0.1) is 0 Å². The van der Waals surface area contributed by atoms with Crippen LogP contribution in [0.4, 0.5) is 11.4 Å². The molecule has 0 spiro atoms. The van der Waals surface area contributed by atoms with Gasteiger partial charge in [0.05, 0.1) is 23.8 Å². The third-order valence-electron chi connectivity index (χ3n) is 5.61. The molecular weight excluding hydrogens is 432 g/mol. The zero-order valence-electron chi connectivity index (χ0n) is 18.2. The molecule has 33 heavy (non-hydrogen) atoms. The fourth-order valence-electron chi connectivity index (χ4n) is 3.86. The Labute approximate surface area is 197 Å². The third-order valence-corrected chi connectivity index (χ3v) is 5.84. The number of hydrogen-bond donors (Lipinski definition) is 2. The monoisotopic (exact) mass is 454 g/mol. The number of anilines is 2. The van der Waals surface area contributed by atoms with E-state index in [2.05, 4.69) is 44.9 Å². The second-order valence-electron chi connectivity index (χ2n) is 7.79. The lowest BCUT2D eigenvalue weighted by atomic mass is 10.1. The van der Waals surface area contributed by atoms with E-state index in [0.717, 1.165) is 45.5 Å². The summed E-state index contributed by atoms with van der Waals surface area (Å²) in [7, 11) is 1.68. The summed E-state index contributed by atoms with van der Waals surface area (Å²) in [4.78, 5) is 8.93. The van der Waals surface area contributed by atoms with Gasteiger partial charge in [0.1, 0.15) is 5.75 Å². The van der Waals surface area contributed by atoms with Gasteiger partial charge < -0.3 is 15.4 Å². The van der Waals surface area contributed by atoms with E-state index in [1.807, 2.05) is 54.7 Å². The minimum absolute atomic E-state index is 0.689. The van der Waals surface area contributed by atoms with Crippen LogP contribution in [0.15, 0.2) is 85.2 Å². The van der Waals surface area contributed by atoms with Crippen molar-refractivity contribution in [3.05, 3.63) is 101 Å².